The van der Waals surface area contributed by atoms with Gasteiger partial charge in [0.25, 0.3) is 0 Å². The molecule has 0 bridgehead atoms. The quantitative estimate of drug-likeness (QED) is 0.167. The number of rotatable bonds is 11. The molecule has 0 radical (unpaired) electrons. The summed E-state index contributed by atoms with van der Waals surface area (Å²) in [4.78, 5) is 25.7. The average Bonchev–Trinajstić information content (AvgIpc) is 2.84. The normalized spacial score (nSPS) is 20.4. The third-order valence-electron chi connectivity index (χ3n) is 6.46. The molecule has 0 aliphatic heterocycles. The largest absolute Gasteiger partial charge is 0.494 e. The van der Waals surface area contributed by atoms with E-state index in [4.69, 9.17) is 4.74 Å². The SMILES string of the molecule is C=C(C)/C(=C\C(P)=CC)C(=O)C(C)C1CCC(NC(=O)C/C=C(\OCC)c2ccccc2)CC1. The van der Waals surface area contributed by atoms with Crippen LogP contribution in [0.15, 0.2) is 71.6 Å². The van der Waals surface area contributed by atoms with Crippen molar-refractivity contribution in [3.63, 3.8) is 0 Å². The van der Waals surface area contributed by atoms with Gasteiger partial charge in [-0.3, -0.25) is 9.59 Å². The van der Waals surface area contributed by atoms with Gasteiger partial charge in [0, 0.05) is 29.5 Å². The lowest BCUT2D eigenvalue weighted by atomic mass is 9.75. The van der Waals surface area contributed by atoms with Crippen molar-refractivity contribution in [3.8, 4) is 0 Å². The Bertz CT molecular complexity index is 937. The molecule has 1 aromatic rings. The van der Waals surface area contributed by atoms with Gasteiger partial charge in [-0.15, -0.1) is 9.24 Å². The predicted molar refractivity (Wildman–Crippen MR) is 145 cm³/mol. The van der Waals surface area contributed by atoms with Crippen LogP contribution in [0, 0.1) is 11.8 Å². The van der Waals surface area contributed by atoms with Gasteiger partial charge in [0.05, 0.1) is 6.61 Å². The van der Waals surface area contributed by atoms with Crippen LogP contribution in [0.3, 0.4) is 0 Å². The van der Waals surface area contributed by atoms with Crippen molar-refractivity contribution in [2.45, 2.75) is 65.8 Å². The maximum Gasteiger partial charge on any atom is 0.224 e. The molecule has 0 saturated heterocycles. The van der Waals surface area contributed by atoms with Crippen LogP contribution in [-0.4, -0.2) is 24.3 Å². The van der Waals surface area contributed by atoms with Gasteiger partial charge in [-0.2, -0.15) is 0 Å². The van der Waals surface area contributed by atoms with Crippen LogP contribution < -0.4 is 5.32 Å². The molecule has 1 amide bonds. The van der Waals surface area contributed by atoms with E-state index in [1.807, 2.05) is 76.3 Å². The summed E-state index contributed by atoms with van der Waals surface area (Å²) >= 11 is 0. The number of hydrogen-bond donors (Lipinski definition) is 1. The van der Waals surface area contributed by atoms with Crippen molar-refractivity contribution in [2.24, 2.45) is 11.8 Å². The molecular weight excluding hydrogens is 441 g/mol. The number of amides is 1. The Morgan fingerprint density at radius 2 is 1.85 bits per heavy atom. The highest BCUT2D eigenvalue weighted by atomic mass is 31.0. The van der Waals surface area contributed by atoms with E-state index in [0.717, 1.165) is 47.9 Å². The number of carbonyl (C=O) groups is 2. The van der Waals surface area contributed by atoms with Gasteiger partial charge in [-0.25, -0.2) is 0 Å². The lowest BCUT2D eigenvalue weighted by Crippen LogP contribution is -2.39. The van der Waals surface area contributed by atoms with Gasteiger partial charge in [0.15, 0.2) is 5.78 Å². The first-order valence-corrected chi connectivity index (χ1v) is 12.9. The summed E-state index contributed by atoms with van der Waals surface area (Å²) in [6, 6.07) is 10.0. The van der Waals surface area contributed by atoms with Gasteiger partial charge in [-0.05, 0) is 75.4 Å². The average molecular weight is 482 g/mol. The van der Waals surface area contributed by atoms with E-state index in [0.29, 0.717) is 18.1 Å². The maximum absolute atomic E-state index is 13.2. The summed E-state index contributed by atoms with van der Waals surface area (Å²) in [7, 11) is 2.66. The standard InChI is InChI=1S/C29H40NO3P/c1-6-25(34)19-26(20(3)4)29(32)21(5)22-13-15-24(16-14-22)30-28(31)18-17-27(33-7-2)23-11-9-8-10-12-23/h6,8-12,17,19,21-22,24H,3,7,13-16,18,34H2,1-2,4-5H3,(H,30,31)/b25-6?,26-19+,27-17-. The Morgan fingerprint density at radius 3 is 2.41 bits per heavy atom. The molecular formula is C29H40NO3P. The Labute approximate surface area is 207 Å². The highest BCUT2D eigenvalue weighted by Gasteiger charge is 2.31. The molecule has 4 nitrogen and oxygen atoms in total. The molecule has 0 aromatic heterocycles. The van der Waals surface area contributed by atoms with Gasteiger partial charge in [-0.1, -0.05) is 49.9 Å². The molecule has 1 aliphatic carbocycles. The predicted octanol–water partition coefficient (Wildman–Crippen LogP) is 6.62. The summed E-state index contributed by atoms with van der Waals surface area (Å²) < 4.78 is 5.73. The second-order valence-corrected chi connectivity index (χ2v) is 9.70. The Balaban J connectivity index is 1.90. The lowest BCUT2D eigenvalue weighted by molar-refractivity contribution is -0.122. The third kappa shape index (κ3) is 8.40. The molecule has 1 fully saturated rings. The van der Waals surface area contributed by atoms with Crippen LogP contribution in [-0.2, 0) is 14.3 Å². The minimum Gasteiger partial charge on any atom is -0.494 e. The van der Waals surface area contributed by atoms with Crippen molar-refractivity contribution < 1.29 is 14.3 Å². The molecule has 1 N–H and O–H groups in total. The van der Waals surface area contributed by atoms with Gasteiger partial charge >= 0.3 is 0 Å². The lowest BCUT2D eigenvalue weighted by Gasteiger charge is -2.32. The summed E-state index contributed by atoms with van der Waals surface area (Å²) in [5.41, 5.74) is 2.48. The number of ether oxygens (including phenoxy) is 1. The van der Waals surface area contributed by atoms with Crippen molar-refractivity contribution in [1.82, 2.24) is 5.32 Å². The molecule has 0 spiro atoms. The first kappa shape index (κ1) is 27.8. The highest BCUT2D eigenvalue weighted by Crippen LogP contribution is 2.33. The van der Waals surface area contributed by atoms with E-state index in [2.05, 4.69) is 21.1 Å². The van der Waals surface area contributed by atoms with Crippen LogP contribution in [0.25, 0.3) is 5.76 Å². The fourth-order valence-electron chi connectivity index (χ4n) is 4.37. The molecule has 34 heavy (non-hydrogen) atoms. The summed E-state index contributed by atoms with van der Waals surface area (Å²) in [6.07, 6.45) is 9.68. The van der Waals surface area contributed by atoms with Crippen LogP contribution in [0.2, 0.25) is 0 Å². The summed E-state index contributed by atoms with van der Waals surface area (Å²) in [5, 5.41) is 4.16. The topological polar surface area (TPSA) is 55.4 Å². The Kier molecular flexibility index (Phi) is 11.5. The zero-order valence-corrected chi connectivity index (χ0v) is 22.3. The number of Topliss-reactive ketones (excluding diaryl/α,β-unsaturated/α-hetero) is 1. The van der Waals surface area contributed by atoms with Crippen LogP contribution in [0.4, 0.5) is 0 Å². The van der Waals surface area contributed by atoms with Crippen molar-refractivity contribution in [1.29, 1.82) is 0 Å². The van der Waals surface area contributed by atoms with E-state index < -0.39 is 0 Å². The molecule has 1 aliphatic rings. The number of allylic oxidation sites excluding steroid dienone is 5. The molecule has 184 valence electrons. The molecule has 1 saturated carbocycles. The molecule has 0 heterocycles. The maximum atomic E-state index is 13.2. The number of benzene rings is 1. The van der Waals surface area contributed by atoms with E-state index in [1.54, 1.807) is 0 Å². The van der Waals surface area contributed by atoms with Crippen molar-refractivity contribution >= 4 is 26.7 Å². The molecule has 5 heteroatoms. The second-order valence-electron chi connectivity index (χ2n) is 9.03. The second kappa shape index (κ2) is 14.1. The molecule has 2 atom stereocenters. The highest BCUT2D eigenvalue weighted by molar-refractivity contribution is 7.22. The van der Waals surface area contributed by atoms with Gasteiger partial charge in [0.2, 0.25) is 5.91 Å². The fraction of sp³-hybridized carbons (Fsp3) is 0.448. The van der Waals surface area contributed by atoms with Crippen molar-refractivity contribution in [3.05, 3.63) is 77.2 Å². The monoisotopic (exact) mass is 481 g/mol. The summed E-state index contributed by atoms with van der Waals surface area (Å²) in [6.45, 7) is 12.4. The first-order chi connectivity index (χ1) is 16.3. The van der Waals surface area contributed by atoms with Crippen LogP contribution in [0.5, 0.6) is 0 Å². The summed E-state index contributed by atoms with van der Waals surface area (Å²) in [5.74, 6) is 1.17. The number of nitrogens with one attached hydrogen (secondary N) is 1. The van der Waals surface area contributed by atoms with E-state index in [9.17, 15) is 9.59 Å². The molecule has 2 unspecified atom stereocenters. The first-order valence-electron chi connectivity index (χ1n) is 12.3. The van der Waals surface area contributed by atoms with E-state index in [1.165, 1.54) is 0 Å². The zero-order valence-electron chi connectivity index (χ0n) is 21.1. The molecule has 1 aromatic carbocycles. The Hall–Kier alpha value is -2.45. The minimum absolute atomic E-state index is 0.00698. The fourth-order valence-corrected chi connectivity index (χ4v) is 4.53. The molecule has 2 rings (SSSR count). The van der Waals surface area contributed by atoms with E-state index >= 15 is 0 Å². The number of hydrogen-bond acceptors (Lipinski definition) is 3. The smallest absolute Gasteiger partial charge is 0.224 e. The number of carbonyl (C=O) groups excluding carboxylic acids is 2. The minimum atomic E-state index is -0.0585. The van der Waals surface area contributed by atoms with Crippen molar-refractivity contribution in [2.75, 3.05) is 6.61 Å². The van der Waals surface area contributed by atoms with Gasteiger partial charge in [0.1, 0.15) is 5.76 Å². The Morgan fingerprint density at radius 1 is 1.21 bits per heavy atom. The van der Waals surface area contributed by atoms with Crippen LogP contribution in [0.1, 0.15) is 65.4 Å². The van der Waals surface area contributed by atoms with Gasteiger partial charge < -0.3 is 10.1 Å². The zero-order chi connectivity index (χ0) is 25.1. The van der Waals surface area contributed by atoms with E-state index in [-0.39, 0.29) is 30.1 Å². The third-order valence-corrected chi connectivity index (χ3v) is 6.96. The van der Waals surface area contributed by atoms with Crippen LogP contribution >= 0.6 is 9.24 Å². The number of ketones is 1.